The number of ether oxygens (including phenoxy) is 1. The minimum atomic E-state index is 0.481. The van der Waals surface area contributed by atoms with E-state index in [2.05, 4.69) is 33.7 Å². The zero-order valence-corrected chi connectivity index (χ0v) is 12.2. The summed E-state index contributed by atoms with van der Waals surface area (Å²) in [6.45, 7) is 2.47. The first kappa shape index (κ1) is 12.8. The molecule has 1 aliphatic rings. The summed E-state index contributed by atoms with van der Waals surface area (Å²) in [5.41, 5.74) is 0. The molecular weight excluding hydrogens is 286 g/mol. The Morgan fingerprint density at radius 1 is 1.29 bits per heavy atom. The number of benzene rings is 1. The maximum Gasteiger partial charge on any atom is 0.315 e. The van der Waals surface area contributed by atoms with Crippen molar-refractivity contribution in [3.05, 3.63) is 30.3 Å². The molecule has 0 saturated carbocycles. The fourth-order valence-corrected chi connectivity index (χ4v) is 3.44. The van der Waals surface area contributed by atoms with E-state index >= 15 is 0 Å². The van der Waals surface area contributed by atoms with Crippen LogP contribution in [0.5, 0.6) is 0 Å². The summed E-state index contributed by atoms with van der Waals surface area (Å²) in [6.07, 6.45) is 1.09. The van der Waals surface area contributed by atoms with E-state index in [4.69, 9.17) is 9.15 Å². The van der Waals surface area contributed by atoms with Crippen molar-refractivity contribution in [2.45, 2.75) is 6.42 Å². The lowest BCUT2D eigenvalue weighted by Gasteiger charge is -2.05. The van der Waals surface area contributed by atoms with Gasteiger partial charge in [-0.1, -0.05) is 23.3 Å². The van der Waals surface area contributed by atoms with Crippen LogP contribution in [0.1, 0.15) is 6.42 Å². The highest BCUT2D eigenvalue weighted by Crippen LogP contribution is 2.33. The normalized spacial score (nSPS) is 18.4. The Hall–Kier alpha value is -1.92. The Balaban J connectivity index is 1.50. The third kappa shape index (κ3) is 2.64. The highest BCUT2D eigenvalue weighted by atomic mass is 32.1. The first-order valence-electron chi connectivity index (χ1n) is 7.02. The lowest BCUT2D eigenvalue weighted by atomic mass is 10.1. The molecule has 1 fully saturated rings. The molecule has 6 heteroatoms. The standard InChI is InChI=1S/C15H15N3O2S/c1-2-4-12-11(3-1)7-13(21-12)14-17-18-15(20-14)16-8-10-5-6-19-9-10/h1-4,7,10H,5-6,8-9H2,(H,16,18). The van der Waals surface area contributed by atoms with Crippen LogP contribution in [0.25, 0.3) is 20.9 Å². The largest absolute Gasteiger partial charge is 0.403 e. The number of thiophene rings is 1. The van der Waals surface area contributed by atoms with Gasteiger partial charge in [-0.2, -0.15) is 0 Å². The Labute approximate surface area is 125 Å². The second kappa shape index (κ2) is 5.46. The van der Waals surface area contributed by atoms with Crippen molar-refractivity contribution in [2.24, 2.45) is 5.92 Å². The topological polar surface area (TPSA) is 60.2 Å². The quantitative estimate of drug-likeness (QED) is 0.800. The summed E-state index contributed by atoms with van der Waals surface area (Å²) in [4.78, 5) is 1.00. The number of hydrogen-bond donors (Lipinski definition) is 1. The van der Waals surface area contributed by atoms with Crippen molar-refractivity contribution in [1.82, 2.24) is 10.2 Å². The van der Waals surface area contributed by atoms with Gasteiger partial charge in [0.1, 0.15) is 0 Å². The molecule has 2 aromatic heterocycles. The van der Waals surface area contributed by atoms with Gasteiger partial charge in [0.15, 0.2) is 0 Å². The SMILES string of the molecule is c1ccc2sc(-c3nnc(NCC4CCOC4)o3)cc2c1. The molecule has 1 N–H and O–H groups in total. The van der Waals surface area contributed by atoms with Gasteiger partial charge in [-0.25, -0.2) is 0 Å². The van der Waals surface area contributed by atoms with Crippen molar-refractivity contribution >= 4 is 27.4 Å². The van der Waals surface area contributed by atoms with Gasteiger partial charge >= 0.3 is 6.01 Å². The van der Waals surface area contributed by atoms with Crippen LogP contribution >= 0.6 is 11.3 Å². The van der Waals surface area contributed by atoms with Gasteiger partial charge in [-0.3, -0.25) is 0 Å². The average Bonchev–Trinajstić information content (AvgIpc) is 3.24. The number of nitrogens with one attached hydrogen (secondary N) is 1. The molecule has 0 spiro atoms. The van der Waals surface area contributed by atoms with Crippen LogP contribution in [0.2, 0.25) is 0 Å². The third-order valence-electron chi connectivity index (χ3n) is 3.63. The lowest BCUT2D eigenvalue weighted by Crippen LogP contribution is -2.14. The predicted molar refractivity (Wildman–Crippen MR) is 82.5 cm³/mol. The molecule has 3 heterocycles. The van der Waals surface area contributed by atoms with Crippen LogP contribution in [0.3, 0.4) is 0 Å². The van der Waals surface area contributed by atoms with E-state index in [9.17, 15) is 0 Å². The zero-order valence-electron chi connectivity index (χ0n) is 11.4. The third-order valence-corrected chi connectivity index (χ3v) is 4.73. The molecule has 21 heavy (non-hydrogen) atoms. The van der Waals surface area contributed by atoms with Crippen LogP contribution < -0.4 is 5.32 Å². The molecule has 108 valence electrons. The highest BCUT2D eigenvalue weighted by molar-refractivity contribution is 7.22. The second-order valence-electron chi connectivity index (χ2n) is 5.17. The monoisotopic (exact) mass is 301 g/mol. The van der Waals surface area contributed by atoms with E-state index in [-0.39, 0.29) is 0 Å². The van der Waals surface area contributed by atoms with Gasteiger partial charge in [-0.15, -0.1) is 16.4 Å². The van der Waals surface area contributed by atoms with E-state index in [0.29, 0.717) is 17.8 Å². The van der Waals surface area contributed by atoms with E-state index in [1.165, 1.54) is 10.1 Å². The van der Waals surface area contributed by atoms with Gasteiger partial charge in [0.25, 0.3) is 5.89 Å². The Morgan fingerprint density at radius 3 is 3.10 bits per heavy atom. The Morgan fingerprint density at radius 2 is 2.24 bits per heavy atom. The molecule has 0 bridgehead atoms. The smallest absolute Gasteiger partial charge is 0.315 e. The number of nitrogens with zero attached hydrogens (tertiary/aromatic N) is 2. The Bertz CT molecular complexity index is 713. The first-order valence-corrected chi connectivity index (χ1v) is 7.84. The summed E-state index contributed by atoms with van der Waals surface area (Å²) in [7, 11) is 0. The molecule has 5 nitrogen and oxygen atoms in total. The number of aromatic nitrogens is 2. The molecule has 1 aromatic carbocycles. The van der Waals surface area contributed by atoms with Crippen LogP contribution in [0.15, 0.2) is 34.7 Å². The predicted octanol–water partition coefficient (Wildman–Crippen LogP) is 3.40. The van der Waals surface area contributed by atoms with Gasteiger partial charge in [0.2, 0.25) is 0 Å². The number of fused-ring (bicyclic) bond motifs is 1. The van der Waals surface area contributed by atoms with E-state index in [1.807, 2.05) is 12.1 Å². The molecule has 0 amide bonds. The zero-order chi connectivity index (χ0) is 14.1. The average molecular weight is 301 g/mol. The van der Waals surface area contributed by atoms with Gasteiger partial charge in [0, 0.05) is 23.8 Å². The maximum atomic E-state index is 5.70. The number of hydrogen-bond acceptors (Lipinski definition) is 6. The van der Waals surface area contributed by atoms with Gasteiger partial charge in [-0.05, 0) is 23.9 Å². The highest BCUT2D eigenvalue weighted by Gasteiger charge is 2.17. The second-order valence-corrected chi connectivity index (χ2v) is 6.26. The Kier molecular flexibility index (Phi) is 3.33. The summed E-state index contributed by atoms with van der Waals surface area (Å²) in [5.74, 6) is 1.10. The van der Waals surface area contributed by atoms with Crippen molar-refractivity contribution in [3.8, 4) is 10.8 Å². The van der Waals surface area contributed by atoms with Crippen molar-refractivity contribution in [1.29, 1.82) is 0 Å². The molecule has 1 unspecified atom stereocenters. The number of anilines is 1. The fraction of sp³-hybridized carbons (Fsp3) is 0.333. The maximum absolute atomic E-state index is 5.70. The van der Waals surface area contributed by atoms with Crippen LogP contribution in [0, 0.1) is 5.92 Å². The molecule has 0 radical (unpaired) electrons. The summed E-state index contributed by atoms with van der Waals surface area (Å²) in [5, 5.41) is 12.6. The van der Waals surface area contributed by atoms with Crippen LogP contribution in [-0.2, 0) is 4.74 Å². The summed E-state index contributed by atoms with van der Waals surface area (Å²) >= 11 is 1.66. The molecule has 1 atom stereocenters. The minimum absolute atomic E-state index is 0.481. The molecule has 1 saturated heterocycles. The summed E-state index contributed by atoms with van der Waals surface area (Å²) < 4.78 is 12.3. The molecule has 0 aliphatic carbocycles. The van der Waals surface area contributed by atoms with E-state index in [0.717, 1.165) is 31.1 Å². The lowest BCUT2D eigenvalue weighted by molar-refractivity contribution is 0.187. The fourth-order valence-electron chi connectivity index (χ4n) is 2.46. The number of rotatable bonds is 4. The van der Waals surface area contributed by atoms with E-state index in [1.54, 1.807) is 11.3 Å². The molecule has 3 aromatic rings. The van der Waals surface area contributed by atoms with Gasteiger partial charge < -0.3 is 14.5 Å². The van der Waals surface area contributed by atoms with Crippen LogP contribution in [-0.4, -0.2) is 30.0 Å². The van der Waals surface area contributed by atoms with Gasteiger partial charge in [0.05, 0.1) is 11.5 Å². The first-order chi connectivity index (χ1) is 10.4. The molecule has 1 aliphatic heterocycles. The van der Waals surface area contributed by atoms with Crippen molar-refractivity contribution in [2.75, 3.05) is 25.1 Å². The minimum Gasteiger partial charge on any atom is -0.403 e. The molecule has 4 rings (SSSR count). The van der Waals surface area contributed by atoms with Crippen molar-refractivity contribution < 1.29 is 9.15 Å². The van der Waals surface area contributed by atoms with Crippen molar-refractivity contribution in [3.63, 3.8) is 0 Å². The molecular formula is C15H15N3O2S. The van der Waals surface area contributed by atoms with Crippen LogP contribution in [0.4, 0.5) is 6.01 Å². The van der Waals surface area contributed by atoms with E-state index < -0.39 is 0 Å². The summed E-state index contributed by atoms with van der Waals surface area (Å²) in [6, 6.07) is 10.8.